The molecule has 0 radical (unpaired) electrons. The lowest BCUT2D eigenvalue weighted by atomic mass is 10.1. The number of aromatic amines is 1. The van der Waals surface area contributed by atoms with Gasteiger partial charge in [-0.3, -0.25) is 28.0 Å². The van der Waals surface area contributed by atoms with Crippen LogP contribution in [0.25, 0.3) is 11.2 Å². The largest absolute Gasteiger partial charge is 0.472 e. The molecule has 8 N–H and O–H groups in total. The van der Waals surface area contributed by atoms with Gasteiger partial charge in [0.1, 0.15) is 54.2 Å². The van der Waals surface area contributed by atoms with Gasteiger partial charge >= 0.3 is 14.5 Å². The van der Waals surface area contributed by atoms with Crippen molar-refractivity contribution < 1.29 is 56.2 Å². The number of alkyl halides is 1. The summed E-state index contributed by atoms with van der Waals surface area (Å²) in [5.41, 5.74) is 11.2. The average molecular weight is 652 g/mol. The van der Waals surface area contributed by atoms with Crippen LogP contribution in [0, 0.1) is 0 Å². The molecular weight excluding hydrogens is 629 g/mol. The van der Waals surface area contributed by atoms with Gasteiger partial charge in [-0.25, -0.2) is 23.9 Å². The molecule has 3 aliphatic heterocycles. The number of halogens is 1. The van der Waals surface area contributed by atoms with Gasteiger partial charge in [-0.05, 0) is 17.9 Å². The second kappa shape index (κ2) is 10.9. The van der Waals surface area contributed by atoms with Crippen molar-refractivity contribution in [1.82, 2.24) is 29.7 Å². The van der Waals surface area contributed by atoms with Crippen molar-refractivity contribution in [3.8, 4) is 0 Å². The number of hydrogen-bond acceptors (Lipinski definition) is 15. The molecule has 42 heavy (non-hydrogen) atoms. The summed E-state index contributed by atoms with van der Waals surface area (Å²) in [5, 5.41) is 17.1. The second-order valence-electron chi connectivity index (χ2n) is 9.42. The highest BCUT2D eigenvalue weighted by atomic mass is 32.5. The van der Waals surface area contributed by atoms with Gasteiger partial charge in [-0.1, -0.05) is 0 Å². The first kappa shape index (κ1) is 29.5. The first-order valence-corrected chi connectivity index (χ1v) is 16.1. The van der Waals surface area contributed by atoms with Crippen molar-refractivity contribution in [3.63, 3.8) is 0 Å². The van der Waals surface area contributed by atoms with Crippen molar-refractivity contribution in [1.29, 1.82) is 0 Å². The van der Waals surface area contributed by atoms with Crippen LogP contribution in [0.2, 0.25) is 0 Å². The molecule has 3 aliphatic rings. The lowest BCUT2D eigenvalue weighted by Gasteiger charge is -2.26. The third-order valence-corrected chi connectivity index (χ3v) is 9.28. The number of carbonyl (C=O) groups excluding carboxylic acids is 1. The maximum atomic E-state index is 15.9. The summed E-state index contributed by atoms with van der Waals surface area (Å²) in [6, 6.07) is 1.20. The van der Waals surface area contributed by atoms with Gasteiger partial charge < -0.3 is 40.4 Å². The molecular formula is C19H23FN8O11P2S. The molecule has 0 aromatic carbocycles. The van der Waals surface area contributed by atoms with Gasteiger partial charge in [-0.15, -0.1) is 0 Å². The lowest BCUT2D eigenvalue weighted by Crippen LogP contribution is -2.34. The molecule has 19 nitrogen and oxygen atoms in total. The molecule has 0 aliphatic carbocycles. The van der Waals surface area contributed by atoms with Crippen LogP contribution in [0.3, 0.4) is 0 Å². The fraction of sp³-hybridized carbons (Fsp3) is 0.526. The van der Waals surface area contributed by atoms with Gasteiger partial charge in [0.25, 0.3) is 5.91 Å². The quantitative estimate of drug-likeness (QED) is 0.187. The SMILES string of the molecule is NC(=O)c1cc([C@@H]2O[C@@H]3COP(O)(=S)O[C@H]4[C@@H](F)[C@H](n5cnc6c(N)ncnc65)O[C@@H]4COP(=O)(O)O[C@@H]2[C@@H]3O)[nH]n1. The van der Waals surface area contributed by atoms with Crippen molar-refractivity contribution in [2.45, 2.75) is 49.0 Å². The Bertz CT molecular complexity index is 1610. The molecule has 0 spiro atoms. The van der Waals surface area contributed by atoms with Crippen LogP contribution >= 0.6 is 14.5 Å². The molecule has 3 aromatic heterocycles. The van der Waals surface area contributed by atoms with E-state index in [1.54, 1.807) is 0 Å². The number of nitrogens with one attached hydrogen (secondary N) is 1. The number of primary amides is 1. The van der Waals surface area contributed by atoms with E-state index in [0.717, 1.165) is 6.33 Å². The molecule has 23 heteroatoms. The highest BCUT2D eigenvalue weighted by Gasteiger charge is 2.53. The van der Waals surface area contributed by atoms with Gasteiger partial charge in [0.15, 0.2) is 23.9 Å². The number of phosphoric ester groups is 1. The Balaban J connectivity index is 1.29. The Labute approximate surface area is 239 Å². The van der Waals surface area contributed by atoms with E-state index in [1.165, 1.54) is 17.0 Å². The highest BCUT2D eigenvalue weighted by molar-refractivity contribution is 8.07. The Kier molecular flexibility index (Phi) is 7.66. The molecule has 6 rings (SSSR count). The average Bonchev–Trinajstić information content (AvgIpc) is 3.69. The van der Waals surface area contributed by atoms with Gasteiger partial charge in [-0.2, -0.15) is 5.10 Å². The van der Waals surface area contributed by atoms with Crippen LogP contribution < -0.4 is 11.5 Å². The number of nitrogen functional groups attached to an aromatic ring is 1. The predicted molar refractivity (Wildman–Crippen MR) is 137 cm³/mol. The third-order valence-electron chi connectivity index (χ3n) is 6.74. The highest BCUT2D eigenvalue weighted by Crippen LogP contribution is 2.54. The first-order valence-electron chi connectivity index (χ1n) is 12.1. The number of amides is 1. The standard InChI is InChI=1S/C19H23FN8O11P2S/c20-10-14-9(37-19(10)28-5-25-11-16(21)23-4-24-18(11)28)3-34-40(31,32)38-15-12(29)8(2-35-41(33,42)39-14)36-13(15)6-1-7(17(22)30)27-26-6/h1,4-5,8-10,12-15,19,29H,2-3H2,(H2,22,30)(H,26,27)(H,31,32)(H,33,42)(H2,21,23,24)/t8-,9-,10-,12-,13+,14-,15-,19-,41?/m1/s1. The number of H-pyrrole nitrogens is 1. The number of nitrogens with zero attached hydrogens (tertiary/aromatic N) is 5. The molecule has 1 amide bonds. The molecule has 2 unspecified atom stereocenters. The number of nitrogens with two attached hydrogens (primary N) is 2. The van der Waals surface area contributed by atoms with E-state index in [2.05, 4.69) is 25.1 Å². The summed E-state index contributed by atoms with van der Waals surface area (Å²) in [5.74, 6) is -0.842. The van der Waals surface area contributed by atoms with E-state index < -0.39 is 82.7 Å². The van der Waals surface area contributed by atoms with Crippen LogP contribution in [-0.4, -0.2) is 100 Å². The molecule has 10 atom stereocenters. The fourth-order valence-corrected chi connectivity index (χ4v) is 7.16. The topological polar surface area (TPSA) is 275 Å². The van der Waals surface area contributed by atoms with Crippen LogP contribution in [0.15, 0.2) is 18.7 Å². The monoisotopic (exact) mass is 652 g/mol. The Morgan fingerprint density at radius 1 is 1.14 bits per heavy atom. The minimum Gasteiger partial charge on any atom is -0.387 e. The van der Waals surface area contributed by atoms with Crippen LogP contribution in [0.5, 0.6) is 0 Å². The zero-order valence-electron chi connectivity index (χ0n) is 20.9. The number of aliphatic hydroxyl groups excluding tert-OH is 1. The van der Waals surface area contributed by atoms with E-state index in [0.29, 0.717) is 0 Å². The van der Waals surface area contributed by atoms with Crippen molar-refractivity contribution in [2.75, 3.05) is 18.9 Å². The lowest BCUT2D eigenvalue weighted by molar-refractivity contribution is -0.0529. The van der Waals surface area contributed by atoms with Crippen LogP contribution in [0.1, 0.15) is 28.5 Å². The summed E-state index contributed by atoms with van der Waals surface area (Å²) in [7, 11) is -5.03. The van der Waals surface area contributed by atoms with Gasteiger partial charge in [0.05, 0.1) is 25.2 Å². The Hall–Kier alpha value is -2.52. The summed E-state index contributed by atoms with van der Waals surface area (Å²) in [6.07, 6.45) is -10.2. The minimum atomic E-state index is -5.03. The number of aromatic nitrogens is 6. The number of anilines is 1. The second-order valence-corrected chi connectivity index (χ2v) is 13.6. The number of carbonyl (C=O) groups is 1. The minimum absolute atomic E-state index is 0.0326. The number of hydrogen-bond donors (Lipinski definition) is 6. The summed E-state index contributed by atoms with van der Waals surface area (Å²) in [6.45, 7) is -5.68. The van der Waals surface area contributed by atoms with E-state index >= 15 is 4.39 Å². The number of imidazole rings is 1. The fourth-order valence-electron chi connectivity index (χ4n) is 4.79. The number of phosphoric acid groups is 1. The van der Waals surface area contributed by atoms with Gasteiger partial charge in [0, 0.05) is 0 Å². The number of aliphatic hydroxyl groups is 1. The van der Waals surface area contributed by atoms with E-state index in [4.69, 9.17) is 50.8 Å². The van der Waals surface area contributed by atoms with Crippen molar-refractivity contribution >= 4 is 49.2 Å². The zero-order valence-corrected chi connectivity index (χ0v) is 23.5. The zero-order chi connectivity index (χ0) is 30.0. The number of ether oxygens (including phenoxy) is 2. The number of fused-ring (bicyclic) bond motifs is 4. The van der Waals surface area contributed by atoms with Crippen LogP contribution in [0.4, 0.5) is 10.2 Å². The van der Waals surface area contributed by atoms with Crippen molar-refractivity contribution in [3.05, 3.63) is 30.1 Å². The molecule has 6 heterocycles. The normalized spacial score (nSPS) is 39.3. The molecule has 228 valence electrons. The molecule has 3 fully saturated rings. The maximum Gasteiger partial charge on any atom is 0.472 e. The van der Waals surface area contributed by atoms with Crippen LogP contribution in [-0.2, 0) is 43.9 Å². The molecule has 3 saturated heterocycles. The van der Waals surface area contributed by atoms with Gasteiger partial charge in [0.2, 0.25) is 0 Å². The molecule has 0 saturated carbocycles. The first-order chi connectivity index (χ1) is 19.8. The maximum absolute atomic E-state index is 15.9. The summed E-state index contributed by atoms with van der Waals surface area (Å²) in [4.78, 5) is 44.8. The Morgan fingerprint density at radius 3 is 2.64 bits per heavy atom. The predicted octanol–water partition coefficient (Wildman–Crippen LogP) is -0.899. The summed E-state index contributed by atoms with van der Waals surface area (Å²) < 4.78 is 62.8. The molecule has 2 bridgehead atoms. The van der Waals surface area contributed by atoms with E-state index in [9.17, 15) is 24.3 Å². The van der Waals surface area contributed by atoms with Crippen molar-refractivity contribution in [2.24, 2.45) is 5.73 Å². The Morgan fingerprint density at radius 2 is 1.90 bits per heavy atom. The van der Waals surface area contributed by atoms with E-state index in [-0.39, 0.29) is 28.4 Å². The number of rotatable bonds is 3. The van der Waals surface area contributed by atoms with E-state index in [1.807, 2.05) is 0 Å². The third kappa shape index (κ3) is 5.47. The summed E-state index contributed by atoms with van der Waals surface area (Å²) >= 11 is 5.08. The molecule has 3 aromatic rings. The smallest absolute Gasteiger partial charge is 0.387 e.